The van der Waals surface area contributed by atoms with Gasteiger partial charge in [-0.2, -0.15) is 0 Å². The molecular weight excluding hydrogens is 228 g/mol. The van der Waals surface area contributed by atoms with Gasteiger partial charge >= 0.3 is 0 Å². The highest BCUT2D eigenvalue weighted by atomic mass is 16.5. The van der Waals surface area contributed by atoms with E-state index in [1.165, 1.54) is 12.8 Å². The molecule has 2 fully saturated rings. The highest BCUT2D eigenvalue weighted by molar-refractivity contribution is 5.77. The van der Waals surface area contributed by atoms with Crippen molar-refractivity contribution in [2.75, 3.05) is 32.8 Å². The largest absolute Gasteiger partial charge is 0.375 e. The Hall–Kier alpha value is -0.610. The van der Waals surface area contributed by atoms with Crippen molar-refractivity contribution >= 4 is 5.91 Å². The lowest BCUT2D eigenvalue weighted by Gasteiger charge is -2.28. The van der Waals surface area contributed by atoms with Gasteiger partial charge in [-0.05, 0) is 24.7 Å². The highest BCUT2D eigenvalue weighted by Gasteiger charge is 2.37. The van der Waals surface area contributed by atoms with E-state index in [4.69, 9.17) is 4.74 Å². The molecule has 1 N–H and O–H groups in total. The molecule has 2 rings (SSSR count). The van der Waals surface area contributed by atoms with Gasteiger partial charge in [0.05, 0.1) is 19.1 Å². The van der Waals surface area contributed by atoms with E-state index in [9.17, 15) is 4.79 Å². The summed E-state index contributed by atoms with van der Waals surface area (Å²) in [4.78, 5) is 14.3. The van der Waals surface area contributed by atoms with Crippen LogP contribution in [0.4, 0.5) is 0 Å². The third kappa shape index (κ3) is 3.04. The first kappa shape index (κ1) is 13.8. The molecule has 0 radical (unpaired) electrons. The molecule has 0 aromatic heterocycles. The molecule has 2 heterocycles. The second-order valence-corrected chi connectivity index (χ2v) is 5.67. The van der Waals surface area contributed by atoms with E-state index >= 15 is 0 Å². The van der Waals surface area contributed by atoms with E-state index in [0.717, 1.165) is 39.2 Å². The lowest BCUT2D eigenvalue weighted by Crippen LogP contribution is -2.42. The van der Waals surface area contributed by atoms with Crippen LogP contribution >= 0.6 is 0 Å². The summed E-state index contributed by atoms with van der Waals surface area (Å²) in [6.45, 7) is 8.80. The predicted molar refractivity (Wildman–Crippen MR) is 71.4 cm³/mol. The number of rotatable bonds is 4. The fourth-order valence-corrected chi connectivity index (χ4v) is 3.05. The molecular formula is C14H26N2O2. The monoisotopic (exact) mass is 254 g/mol. The number of amides is 1. The fourth-order valence-electron chi connectivity index (χ4n) is 3.05. The zero-order chi connectivity index (χ0) is 13.0. The van der Waals surface area contributed by atoms with Gasteiger partial charge in [-0.3, -0.25) is 4.79 Å². The first-order valence-electron chi connectivity index (χ1n) is 7.29. The van der Waals surface area contributed by atoms with Crippen molar-refractivity contribution in [3.63, 3.8) is 0 Å². The Kier molecular flexibility index (Phi) is 4.62. The molecule has 1 unspecified atom stereocenters. The van der Waals surface area contributed by atoms with E-state index in [2.05, 4.69) is 19.2 Å². The maximum atomic E-state index is 12.3. The molecule has 1 amide bonds. The topological polar surface area (TPSA) is 41.6 Å². The van der Waals surface area contributed by atoms with Crippen LogP contribution in [-0.4, -0.2) is 49.7 Å². The molecule has 0 spiro atoms. The number of ether oxygens (including phenoxy) is 1. The first-order chi connectivity index (χ1) is 8.69. The van der Waals surface area contributed by atoms with Crippen LogP contribution in [0.2, 0.25) is 0 Å². The molecule has 0 bridgehead atoms. The molecule has 2 saturated heterocycles. The summed E-state index contributed by atoms with van der Waals surface area (Å²) < 4.78 is 5.60. The smallest absolute Gasteiger partial charge is 0.225 e. The maximum absolute atomic E-state index is 12.3. The van der Waals surface area contributed by atoms with Crippen molar-refractivity contribution in [3.05, 3.63) is 0 Å². The standard InChI is InChI=1S/C14H26N2O2/c1-3-14(4-2)5-7-16(11-14)13(17)9-12-10-15-6-8-18-12/h12,15H,3-11H2,1-2H3. The zero-order valence-electron chi connectivity index (χ0n) is 11.7. The molecule has 2 aliphatic heterocycles. The van der Waals surface area contributed by atoms with Crippen molar-refractivity contribution in [1.29, 1.82) is 0 Å². The minimum Gasteiger partial charge on any atom is -0.375 e. The van der Waals surface area contributed by atoms with Crippen molar-refractivity contribution in [2.45, 2.75) is 45.6 Å². The number of carbonyl (C=O) groups is 1. The van der Waals surface area contributed by atoms with Crippen LogP contribution in [0.5, 0.6) is 0 Å². The summed E-state index contributed by atoms with van der Waals surface area (Å²) in [7, 11) is 0. The Morgan fingerprint density at radius 3 is 2.78 bits per heavy atom. The van der Waals surface area contributed by atoms with Crippen molar-refractivity contribution in [3.8, 4) is 0 Å². The number of hydrogen-bond acceptors (Lipinski definition) is 3. The van der Waals surface area contributed by atoms with E-state index in [1.807, 2.05) is 4.90 Å². The van der Waals surface area contributed by atoms with Crippen LogP contribution in [0.15, 0.2) is 0 Å². The van der Waals surface area contributed by atoms with Gasteiger partial charge in [0, 0.05) is 26.2 Å². The van der Waals surface area contributed by atoms with Gasteiger partial charge in [0.25, 0.3) is 0 Å². The third-order valence-electron chi connectivity index (χ3n) is 4.70. The van der Waals surface area contributed by atoms with Crippen LogP contribution in [0.25, 0.3) is 0 Å². The second kappa shape index (κ2) is 6.02. The van der Waals surface area contributed by atoms with Gasteiger partial charge in [-0.25, -0.2) is 0 Å². The summed E-state index contributed by atoms with van der Waals surface area (Å²) in [5.41, 5.74) is 0.376. The van der Waals surface area contributed by atoms with Crippen LogP contribution in [0.3, 0.4) is 0 Å². The predicted octanol–water partition coefficient (Wildman–Crippen LogP) is 1.40. The van der Waals surface area contributed by atoms with E-state index in [-0.39, 0.29) is 12.0 Å². The molecule has 1 atom stereocenters. The first-order valence-corrected chi connectivity index (χ1v) is 7.29. The van der Waals surface area contributed by atoms with Crippen LogP contribution in [0.1, 0.15) is 39.5 Å². The average Bonchev–Trinajstić information content (AvgIpc) is 2.85. The fraction of sp³-hybridized carbons (Fsp3) is 0.929. The Morgan fingerprint density at radius 2 is 2.22 bits per heavy atom. The minimum absolute atomic E-state index is 0.0736. The Bertz CT molecular complexity index is 284. The summed E-state index contributed by atoms with van der Waals surface area (Å²) in [5, 5.41) is 3.27. The van der Waals surface area contributed by atoms with E-state index in [0.29, 0.717) is 11.8 Å². The van der Waals surface area contributed by atoms with E-state index in [1.54, 1.807) is 0 Å². The molecule has 0 aromatic rings. The average molecular weight is 254 g/mol. The van der Waals surface area contributed by atoms with E-state index < -0.39 is 0 Å². The van der Waals surface area contributed by atoms with Gasteiger partial charge in [-0.15, -0.1) is 0 Å². The van der Waals surface area contributed by atoms with Gasteiger partial charge in [0.2, 0.25) is 5.91 Å². The molecule has 18 heavy (non-hydrogen) atoms. The third-order valence-corrected chi connectivity index (χ3v) is 4.70. The summed E-state index contributed by atoms with van der Waals surface area (Å²) in [6, 6.07) is 0. The van der Waals surface area contributed by atoms with Crippen molar-refractivity contribution in [1.82, 2.24) is 10.2 Å². The minimum atomic E-state index is 0.0736. The van der Waals surface area contributed by atoms with Crippen LogP contribution in [0, 0.1) is 5.41 Å². The number of likely N-dealkylation sites (tertiary alicyclic amines) is 1. The summed E-state index contributed by atoms with van der Waals surface area (Å²) >= 11 is 0. The Labute approximate surface area is 110 Å². The Balaban J connectivity index is 1.83. The number of hydrogen-bond donors (Lipinski definition) is 1. The molecule has 4 heteroatoms. The van der Waals surface area contributed by atoms with Crippen molar-refractivity contribution < 1.29 is 9.53 Å². The van der Waals surface area contributed by atoms with Gasteiger partial charge in [0.1, 0.15) is 0 Å². The zero-order valence-corrected chi connectivity index (χ0v) is 11.7. The number of morpholine rings is 1. The molecule has 2 aliphatic rings. The normalized spacial score (nSPS) is 27.4. The van der Waals surface area contributed by atoms with Gasteiger partial charge < -0.3 is 15.0 Å². The molecule has 104 valence electrons. The number of nitrogens with zero attached hydrogens (tertiary/aromatic N) is 1. The quantitative estimate of drug-likeness (QED) is 0.824. The second-order valence-electron chi connectivity index (χ2n) is 5.67. The molecule has 0 aromatic carbocycles. The van der Waals surface area contributed by atoms with Crippen LogP contribution in [-0.2, 0) is 9.53 Å². The highest BCUT2D eigenvalue weighted by Crippen LogP contribution is 2.37. The Morgan fingerprint density at radius 1 is 1.44 bits per heavy atom. The number of nitrogens with one attached hydrogen (secondary N) is 1. The lowest BCUT2D eigenvalue weighted by molar-refractivity contribution is -0.134. The maximum Gasteiger partial charge on any atom is 0.225 e. The van der Waals surface area contributed by atoms with Crippen molar-refractivity contribution in [2.24, 2.45) is 5.41 Å². The van der Waals surface area contributed by atoms with Gasteiger partial charge in [0.15, 0.2) is 0 Å². The summed E-state index contributed by atoms with van der Waals surface area (Å²) in [6.07, 6.45) is 4.12. The summed E-state index contributed by atoms with van der Waals surface area (Å²) in [5.74, 6) is 0.271. The van der Waals surface area contributed by atoms with Crippen LogP contribution < -0.4 is 5.32 Å². The lowest BCUT2D eigenvalue weighted by atomic mass is 9.82. The molecule has 0 saturated carbocycles. The number of carbonyl (C=O) groups excluding carboxylic acids is 1. The van der Waals surface area contributed by atoms with Gasteiger partial charge in [-0.1, -0.05) is 13.8 Å². The SMILES string of the molecule is CCC1(CC)CCN(C(=O)CC2CNCCO2)C1. The molecule has 0 aliphatic carbocycles. The molecule has 4 nitrogen and oxygen atoms in total.